The van der Waals surface area contributed by atoms with E-state index in [1.807, 2.05) is 13.8 Å². The van der Waals surface area contributed by atoms with E-state index in [1.54, 1.807) is 39.0 Å². The van der Waals surface area contributed by atoms with E-state index < -0.39 is 0 Å². The molecule has 0 atom stereocenters. The fourth-order valence-electron chi connectivity index (χ4n) is 1.15. The maximum absolute atomic E-state index is 11.0. The minimum absolute atomic E-state index is 0. The number of hydrogen-bond donors (Lipinski definition) is 0. The third kappa shape index (κ3) is 14.9. The molecule has 1 rings (SSSR count). The van der Waals surface area contributed by atoms with E-state index in [1.165, 1.54) is 13.2 Å². The van der Waals surface area contributed by atoms with Gasteiger partial charge in [-0.05, 0) is 12.1 Å². The molecule has 0 N–H and O–H groups in total. The van der Waals surface area contributed by atoms with Crippen LogP contribution in [-0.2, 0) is 19.1 Å². The predicted octanol–water partition coefficient (Wildman–Crippen LogP) is 4.55. The molecule has 1 aromatic carbocycles. The van der Waals surface area contributed by atoms with E-state index in [-0.39, 0.29) is 25.3 Å². The Morgan fingerprint density at radius 2 is 1.16 bits per heavy atom. The summed E-state index contributed by atoms with van der Waals surface area (Å²) in [6, 6.07) is 6.45. The van der Waals surface area contributed by atoms with Gasteiger partial charge in [-0.1, -0.05) is 48.1 Å². The Hall–Kier alpha value is -2.37. The van der Waals surface area contributed by atoms with Crippen molar-refractivity contribution in [3.8, 4) is 11.5 Å². The molecule has 0 unspecified atom stereocenters. The van der Waals surface area contributed by atoms with Gasteiger partial charge in [0.05, 0.1) is 7.11 Å². The standard InChI is InChI=1S/C12H14O4.C4H8O2.C2H6.CH4/c1-3-11(13)15-9-6-5-7-10(8-9)16-12(14)4-2;1-3-4(5)6-2;1-2;/h5-8H,3-4H2,1-2H3;3H2,1-2H3;1-2H3;1H4. The van der Waals surface area contributed by atoms with Crippen LogP contribution >= 0.6 is 0 Å². The molecule has 0 aliphatic rings. The van der Waals surface area contributed by atoms with Crippen molar-refractivity contribution in [1.82, 2.24) is 0 Å². The van der Waals surface area contributed by atoms with Crippen LogP contribution in [0.2, 0.25) is 0 Å². The first-order chi connectivity index (χ1) is 11.5. The zero-order valence-corrected chi connectivity index (χ0v) is 15.4. The second-order valence-electron chi connectivity index (χ2n) is 4.06. The molecule has 0 radical (unpaired) electrons. The van der Waals surface area contributed by atoms with Gasteiger partial charge in [-0.3, -0.25) is 14.4 Å². The number of carbonyl (C=O) groups excluding carboxylic acids is 3. The summed E-state index contributed by atoms with van der Waals surface area (Å²) < 4.78 is 14.2. The highest BCUT2D eigenvalue weighted by Gasteiger charge is 2.05. The number of carbonyl (C=O) groups is 3. The third-order valence-corrected chi connectivity index (χ3v) is 2.36. The molecule has 0 amide bonds. The Morgan fingerprint density at radius 1 is 0.800 bits per heavy atom. The molecule has 0 aliphatic carbocycles. The summed E-state index contributed by atoms with van der Waals surface area (Å²) in [5, 5.41) is 0. The molecule has 1 aromatic rings. The molecule has 0 bridgehead atoms. The van der Waals surface area contributed by atoms with E-state index >= 15 is 0 Å². The number of hydrogen-bond acceptors (Lipinski definition) is 6. The van der Waals surface area contributed by atoms with E-state index in [0.717, 1.165) is 0 Å². The fourth-order valence-corrected chi connectivity index (χ4v) is 1.15. The second-order valence-corrected chi connectivity index (χ2v) is 4.06. The van der Waals surface area contributed by atoms with Crippen molar-refractivity contribution in [2.75, 3.05) is 7.11 Å². The molecule has 0 saturated heterocycles. The number of ether oxygens (including phenoxy) is 3. The van der Waals surface area contributed by atoms with Gasteiger partial charge in [-0.15, -0.1) is 0 Å². The van der Waals surface area contributed by atoms with Gasteiger partial charge in [0.2, 0.25) is 0 Å². The van der Waals surface area contributed by atoms with Gasteiger partial charge in [0.25, 0.3) is 0 Å². The van der Waals surface area contributed by atoms with Crippen molar-refractivity contribution in [3.63, 3.8) is 0 Å². The van der Waals surface area contributed by atoms with Crippen LogP contribution in [-0.4, -0.2) is 25.0 Å². The van der Waals surface area contributed by atoms with Crippen LogP contribution in [0.15, 0.2) is 24.3 Å². The first-order valence-electron chi connectivity index (χ1n) is 8.04. The van der Waals surface area contributed by atoms with Crippen LogP contribution in [0.4, 0.5) is 0 Å². The molecule has 0 saturated carbocycles. The summed E-state index contributed by atoms with van der Waals surface area (Å²) in [7, 11) is 1.38. The summed E-state index contributed by atoms with van der Waals surface area (Å²) in [4.78, 5) is 32.0. The molecular weight excluding hydrogens is 324 g/mol. The lowest BCUT2D eigenvalue weighted by molar-refractivity contribution is -0.140. The Bertz CT molecular complexity index is 457. The Kier molecular flexibility index (Phi) is 19.8. The molecule has 0 fully saturated rings. The van der Waals surface area contributed by atoms with Crippen LogP contribution in [0.3, 0.4) is 0 Å². The smallest absolute Gasteiger partial charge is 0.310 e. The summed E-state index contributed by atoms with van der Waals surface area (Å²) in [5.74, 6) is -0.0329. The highest BCUT2D eigenvalue weighted by atomic mass is 16.5. The first kappa shape index (κ1) is 27.5. The van der Waals surface area contributed by atoms with Gasteiger partial charge in [-0.25, -0.2) is 0 Å². The van der Waals surface area contributed by atoms with Crippen molar-refractivity contribution >= 4 is 17.9 Å². The highest BCUT2D eigenvalue weighted by molar-refractivity contribution is 5.73. The van der Waals surface area contributed by atoms with Gasteiger partial charge in [-0.2, -0.15) is 0 Å². The second kappa shape index (κ2) is 18.0. The maximum atomic E-state index is 11.0. The Labute approximate surface area is 151 Å². The largest absolute Gasteiger partial charge is 0.469 e. The third-order valence-electron chi connectivity index (χ3n) is 2.36. The molecule has 6 heteroatoms. The molecule has 0 heterocycles. The quantitative estimate of drug-likeness (QED) is 0.569. The Morgan fingerprint density at radius 3 is 1.40 bits per heavy atom. The molecule has 144 valence electrons. The summed E-state index contributed by atoms with van der Waals surface area (Å²) in [5.41, 5.74) is 0. The summed E-state index contributed by atoms with van der Waals surface area (Å²) in [6.07, 6.45) is 1.08. The molecular formula is C19H32O6. The highest BCUT2D eigenvalue weighted by Crippen LogP contribution is 2.20. The van der Waals surface area contributed by atoms with Gasteiger partial charge in [0, 0.05) is 25.3 Å². The van der Waals surface area contributed by atoms with Crippen LogP contribution < -0.4 is 9.47 Å². The van der Waals surface area contributed by atoms with E-state index in [9.17, 15) is 14.4 Å². The van der Waals surface area contributed by atoms with E-state index in [4.69, 9.17) is 9.47 Å². The number of methoxy groups -OCH3 is 1. The maximum Gasteiger partial charge on any atom is 0.310 e. The van der Waals surface area contributed by atoms with Crippen molar-refractivity contribution in [3.05, 3.63) is 24.3 Å². The minimum atomic E-state index is -0.320. The summed E-state index contributed by atoms with van der Waals surface area (Å²) in [6.45, 7) is 9.18. The number of benzene rings is 1. The van der Waals surface area contributed by atoms with E-state index in [2.05, 4.69) is 4.74 Å². The normalized spacial score (nSPS) is 8.24. The molecule has 0 aromatic heterocycles. The van der Waals surface area contributed by atoms with Crippen molar-refractivity contribution in [2.45, 2.75) is 61.3 Å². The van der Waals surface area contributed by atoms with Crippen LogP contribution in [0.1, 0.15) is 61.3 Å². The summed E-state index contributed by atoms with van der Waals surface area (Å²) >= 11 is 0. The average molecular weight is 356 g/mol. The van der Waals surface area contributed by atoms with Crippen molar-refractivity contribution in [2.24, 2.45) is 0 Å². The first-order valence-corrected chi connectivity index (χ1v) is 8.04. The zero-order valence-electron chi connectivity index (χ0n) is 15.4. The lowest BCUT2D eigenvalue weighted by Crippen LogP contribution is -2.07. The molecule has 0 spiro atoms. The molecule has 6 nitrogen and oxygen atoms in total. The molecule has 0 aliphatic heterocycles. The number of rotatable bonds is 5. The monoisotopic (exact) mass is 356 g/mol. The van der Waals surface area contributed by atoms with Crippen molar-refractivity contribution < 1.29 is 28.6 Å². The minimum Gasteiger partial charge on any atom is -0.469 e. The Balaban J connectivity index is -0.000000459. The SMILES string of the molecule is C.CC.CCC(=O)OC.CCC(=O)Oc1cccc(OC(=O)CC)c1. The van der Waals surface area contributed by atoms with Gasteiger partial charge >= 0.3 is 17.9 Å². The topological polar surface area (TPSA) is 78.9 Å². The predicted molar refractivity (Wildman–Crippen MR) is 98.7 cm³/mol. The lowest BCUT2D eigenvalue weighted by atomic mass is 10.3. The van der Waals surface area contributed by atoms with Crippen LogP contribution in [0.25, 0.3) is 0 Å². The fraction of sp³-hybridized carbons (Fsp3) is 0.526. The van der Waals surface area contributed by atoms with Gasteiger partial charge in [0.1, 0.15) is 11.5 Å². The molecule has 25 heavy (non-hydrogen) atoms. The zero-order chi connectivity index (χ0) is 19.0. The average Bonchev–Trinajstić information content (AvgIpc) is 2.63. The van der Waals surface area contributed by atoms with Crippen LogP contribution in [0.5, 0.6) is 11.5 Å². The van der Waals surface area contributed by atoms with E-state index in [0.29, 0.717) is 30.8 Å². The number of esters is 3. The van der Waals surface area contributed by atoms with Gasteiger partial charge in [0.15, 0.2) is 0 Å². The van der Waals surface area contributed by atoms with Crippen molar-refractivity contribution in [1.29, 1.82) is 0 Å². The lowest BCUT2D eigenvalue weighted by Gasteiger charge is -2.05. The van der Waals surface area contributed by atoms with Crippen LogP contribution in [0, 0.1) is 0 Å². The van der Waals surface area contributed by atoms with Gasteiger partial charge < -0.3 is 14.2 Å².